The summed E-state index contributed by atoms with van der Waals surface area (Å²) in [6, 6.07) is 1.60. The summed E-state index contributed by atoms with van der Waals surface area (Å²) in [5.41, 5.74) is 0.111. The zero-order valence-electron chi connectivity index (χ0n) is 5.02. The van der Waals surface area contributed by atoms with Crippen LogP contribution in [-0.2, 0) is 0 Å². The van der Waals surface area contributed by atoms with Crippen LogP contribution in [0.15, 0.2) is 21.5 Å². The van der Waals surface area contributed by atoms with E-state index < -0.39 is 0 Å². The highest BCUT2D eigenvalue weighted by atomic mass is 79.9. The first-order valence-corrected chi connectivity index (χ1v) is 3.38. The monoisotopic (exact) mass is 197 g/mol. The van der Waals surface area contributed by atoms with Crippen molar-refractivity contribution in [2.45, 2.75) is 0 Å². The van der Waals surface area contributed by atoms with E-state index in [9.17, 15) is 4.79 Å². The number of hydrogen-bond acceptors (Lipinski definition) is 1. The number of pyridine rings is 1. The molecule has 0 atom stereocenters. The maximum absolute atomic E-state index is 10.8. The number of nitrogens with one attached hydrogen (secondary N) is 1. The number of rotatable bonds is 0. The molecular weight excluding hydrogens is 194 g/mol. The van der Waals surface area contributed by atoms with Crippen LogP contribution in [0.1, 0.15) is 5.56 Å². The summed E-state index contributed by atoms with van der Waals surface area (Å²) in [4.78, 5) is 13.3. The van der Waals surface area contributed by atoms with Gasteiger partial charge in [0, 0.05) is 10.7 Å². The van der Waals surface area contributed by atoms with Gasteiger partial charge in [0.25, 0.3) is 5.56 Å². The van der Waals surface area contributed by atoms with Gasteiger partial charge in [-0.3, -0.25) is 4.79 Å². The molecule has 0 unspecified atom stereocenters. The molecule has 0 aromatic carbocycles. The van der Waals surface area contributed by atoms with Gasteiger partial charge in [-0.15, -0.1) is 6.42 Å². The van der Waals surface area contributed by atoms with E-state index in [0.717, 1.165) is 4.47 Å². The highest BCUT2D eigenvalue weighted by Crippen LogP contribution is 2.05. The first-order chi connectivity index (χ1) is 4.74. The molecule has 2 nitrogen and oxygen atoms in total. The third-order valence-corrected chi connectivity index (χ3v) is 1.48. The lowest BCUT2D eigenvalue weighted by Gasteiger charge is -1.89. The molecule has 1 heterocycles. The molecule has 0 aliphatic heterocycles. The molecule has 1 aromatic rings. The minimum atomic E-state index is -0.231. The Balaban J connectivity index is 3.40. The quantitative estimate of drug-likeness (QED) is 0.622. The third kappa shape index (κ3) is 1.28. The van der Waals surface area contributed by atoms with Gasteiger partial charge in [-0.25, -0.2) is 0 Å². The maximum Gasteiger partial charge on any atom is 0.263 e. The predicted molar refractivity (Wildman–Crippen MR) is 42.7 cm³/mol. The van der Waals surface area contributed by atoms with Crippen LogP contribution < -0.4 is 5.56 Å². The fraction of sp³-hybridized carbons (Fsp3) is 0. The minimum absolute atomic E-state index is 0.231. The second-order valence-corrected chi connectivity index (χ2v) is 2.62. The second kappa shape index (κ2) is 2.72. The first kappa shape index (κ1) is 7.10. The van der Waals surface area contributed by atoms with Gasteiger partial charge >= 0.3 is 0 Å². The van der Waals surface area contributed by atoms with E-state index in [1.807, 2.05) is 0 Å². The molecule has 0 fully saturated rings. The number of hydrogen-bond donors (Lipinski definition) is 1. The fourth-order valence-corrected chi connectivity index (χ4v) is 0.908. The van der Waals surface area contributed by atoms with Gasteiger partial charge in [0.1, 0.15) is 0 Å². The Labute approximate surface area is 66.4 Å². The van der Waals surface area contributed by atoms with Crippen molar-refractivity contribution < 1.29 is 0 Å². The Morgan fingerprint density at radius 3 is 2.90 bits per heavy atom. The predicted octanol–water partition coefficient (Wildman–Crippen LogP) is 1.12. The van der Waals surface area contributed by atoms with Crippen LogP contribution in [-0.4, -0.2) is 4.98 Å². The molecule has 0 saturated heterocycles. The van der Waals surface area contributed by atoms with E-state index in [1.165, 1.54) is 0 Å². The number of aromatic nitrogens is 1. The van der Waals surface area contributed by atoms with Crippen molar-refractivity contribution in [3.8, 4) is 12.3 Å². The summed E-state index contributed by atoms with van der Waals surface area (Å²) in [7, 11) is 0. The number of aromatic amines is 1. The molecule has 0 spiro atoms. The van der Waals surface area contributed by atoms with Crippen molar-refractivity contribution in [2.24, 2.45) is 0 Å². The topological polar surface area (TPSA) is 32.9 Å². The first-order valence-electron chi connectivity index (χ1n) is 2.59. The van der Waals surface area contributed by atoms with Crippen LogP contribution in [0.5, 0.6) is 0 Å². The largest absolute Gasteiger partial charge is 0.327 e. The van der Waals surface area contributed by atoms with E-state index in [4.69, 9.17) is 6.42 Å². The normalized spacial score (nSPS) is 8.80. The summed E-state index contributed by atoms with van der Waals surface area (Å²) in [6.07, 6.45) is 6.57. The standard InChI is InChI=1S/C7H4BrNO/c1-2-5-3-6(8)4-9-7(5)10/h1,3-4H,(H,9,10). The summed E-state index contributed by atoms with van der Waals surface area (Å²) in [5, 5.41) is 0. The summed E-state index contributed by atoms with van der Waals surface area (Å²) < 4.78 is 0.778. The van der Waals surface area contributed by atoms with Crippen molar-refractivity contribution in [2.75, 3.05) is 0 Å². The van der Waals surface area contributed by atoms with Crippen LogP contribution in [0.3, 0.4) is 0 Å². The molecule has 0 radical (unpaired) electrons. The Morgan fingerprint density at radius 1 is 1.70 bits per heavy atom. The smallest absolute Gasteiger partial charge is 0.263 e. The van der Waals surface area contributed by atoms with E-state index in [0.29, 0.717) is 5.56 Å². The average molecular weight is 198 g/mol. The highest BCUT2D eigenvalue weighted by Gasteiger charge is 1.93. The van der Waals surface area contributed by atoms with Gasteiger partial charge < -0.3 is 4.98 Å². The molecule has 1 N–H and O–H groups in total. The van der Waals surface area contributed by atoms with Crippen LogP contribution in [0.25, 0.3) is 0 Å². The summed E-state index contributed by atoms with van der Waals surface area (Å²) in [6.45, 7) is 0. The molecule has 0 amide bonds. The Bertz CT molecular complexity index is 334. The van der Waals surface area contributed by atoms with Crippen molar-refractivity contribution in [1.82, 2.24) is 4.98 Å². The molecule has 1 rings (SSSR count). The van der Waals surface area contributed by atoms with Crippen molar-refractivity contribution in [1.29, 1.82) is 0 Å². The molecule has 0 aliphatic rings. The van der Waals surface area contributed by atoms with Gasteiger partial charge in [-0.2, -0.15) is 0 Å². The lowest BCUT2D eigenvalue weighted by Crippen LogP contribution is -2.07. The SMILES string of the molecule is C#Cc1cc(Br)c[nH]c1=O. The Hall–Kier alpha value is -1.01. The molecule has 50 valence electrons. The summed E-state index contributed by atoms with van der Waals surface area (Å²) >= 11 is 3.17. The maximum atomic E-state index is 10.8. The van der Waals surface area contributed by atoms with Crippen LogP contribution in [0.2, 0.25) is 0 Å². The molecule has 0 bridgehead atoms. The third-order valence-electron chi connectivity index (χ3n) is 1.02. The van der Waals surface area contributed by atoms with Crippen molar-refractivity contribution in [3.05, 3.63) is 32.7 Å². The molecule has 0 aliphatic carbocycles. The van der Waals surface area contributed by atoms with Crippen molar-refractivity contribution >= 4 is 15.9 Å². The van der Waals surface area contributed by atoms with Gasteiger partial charge in [0.15, 0.2) is 0 Å². The highest BCUT2D eigenvalue weighted by molar-refractivity contribution is 9.10. The van der Waals surface area contributed by atoms with E-state index in [1.54, 1.807) is 12.3 Å². The second-order valence-electron chi connectivity index (χ2n) is 1.71. The number of terminal acetylenes is 1. The number of halogens is 1. The van der Waals surface area contributed by atoms with E-state index in [2.05, 4.69) is 26.8 Å². The number of H-pyrrole nitrogens is 1. The van der Waals surface area contributed by atoms with Gasteiger partial charge in [0.05, 0.1) is 5.56 Å². The van der Waals surface area contributed by atoms with E-state index >= 15 is 0 Å². The van der Waals surface area contributed by atoms with Gasteiger partial charge in [-0.1, -0.05) is 5.92 Å². The molecular formula is C7H4BrNO. The van der Waals surface area contributed by atoms with E-state index in [-0.39, 0.29) is 5.56 Å². The minimum Gasteiger partial charge on any atom is -0.327 e. The molecule has 3 heteroatoms. The molecule has 0 saturated carbocycles. The van der Waals surface area contributed by atoms with Crippen LogP contribution in [0.4, 0.5) is 0 Å². The Kier molecular flexibility index (Phi) is 1.93. The van der Waals surface area contributed by atoms with Crippen LogP contribution >= 0.6 is 15.9 Å². The van der Waals surface area contributed by atoms with Crippen LogP contribution in [0, 0.1) is 12.3 Å². The molecule has 10 heavy (non-hydrogen) atoms. The average Bonchev–Trinajstić information content (AvgIpc) is 1.94. The Morgan fingerprint density at radius 2 is 2.40 bits per heavy atom. The zero-order chi connectivity index (χ0) is 7.56. The lowest BCUT2D eigenvalue weighted by molar-refractivity contribution is 1.21. The summed E-state index contributed by atoms with van der Waals surface area (Å²) in [5.74, 6) is 2.26. The van der Waals surface area contributed by atoms with Gasteiger partial charge in [0.2, 0.25) is 0 Å². The van der Waals surface area contributed by atoms with Crippen molar-refractivity contribution in [3.63, 3.8) is 0 Å². The zero-order valence-corrected chi connectivity index (χ0v) is 6.60. The fourth-order valence-electron chi connectivity index (χ4n) is 0.565. The molecule has 1 aromatic heterocycles. The lowest BCUT2D eigenvalue weighted by atomic mass is 10.3. The van der Waals surface area contributed by atoms with Gasteiger partial charge in [-0.05, 0) is 22.0 Å².